The molecule has 1 aromatic heterocycles. The highest BCUT2D eigenvalue weighted by Gasteiger charge is 2.22. The van der Waals surface area contributed by atoms with Gasteiger partial charge in [0, 0.05) is 25.7 Å². The molecule has 1 N–H and O–H groups in total. The van der Waals surface area contributed by atoms with Gasteiger partial charge in [-0.3, -0.25) is 4.79 Å². The molecule has 1 fully saturated rings. The molecule has 0 aliphatic carbocycles. The molecule has 0 bridgehead atoms. The second kappa shape index (κ2) is 8.81. The number of para-hydroxylation sites is 1. The molecule has 2 aromatic rings. The Balaban J connectivity index is 1.45. The minimum absolute atomic E-state index is 0.273. The number of carbonyl (C=O) groups excluding carboxylic acids is 1. The van der Waals surface area contributed by atoms with E-state index in [1.807, 2.05) is 52.3 Å². The lowest BCUT2D eigenvalue weighted by molar-refractivity contribution is -0.132. The van der Waals surface area contributed by atoms with Crippen LogP contribution in [0.1, 0.15) is 31.7 Å². The summed E-state index contributed by atoms with van der Waals surface area (Å²) in [5, 5.41) is 7.81. The number of hydrogen-bond acceptors (Lipinski definition) is 3. The van der Waals surface area contributed by atoms with Crippen molar-refractivity contribution in [3.63, 3.8) is 0 Å². The van der Waals surface area contributed by atoms with Crippen LogP contribution in [0.25, 0.3) is 5.69 Å². The van der Waals surface area contributed by atoms with Crippen molar-refractivity contribution in [2.24, 2.45) is 5.92 Å². The summed E-state index contributed by atoms with van der Waals surface area (Å²) in [5.74, 6) is 0.988. The second-order valence-electron chi connectivity index (χ2n) is 6.76. The van der Waals surface area contributed by atoms with Crippen molar-refractivity contribution >= 4 is 5.91 Å². The van der Waals surface area contributed by atoms with Gasteiger partial charge in [-0.1, -0.05) is 25.1 Å². The molecule has 1 aliphatic rings. The Labute approximate surface area is 150 Å². The van der Waals surface area contributed by atoms with Gasteiger partial charge in [0.1, 0.15) is 0 Å². The van der Waals surface area contributed by atoms with Crippen LogP contribution in [0.5, 0.6) is 0 Å². The zero-order valence-electron chi connectivity index (χ0n) is 15.0. The normalized spacial score (nSPS) is 15.5. The molecule has 134 valence electrons. The van der Waals surface area contributed by atoms with E-state index in [2.05, 4.69) is 17.3 Å². The number of carbonyl (C=O) groups is 1. The number of amides is 1. The van der Waals surface area contributed by atoms with Crippen LogP contribution in [0.4, 0.5) is 0 Å². The van der Waals surface area contributed by atoms with Gasteiger partial charge in [0.15, 0.2) is 0 Å². The Morgan fingerprint density at radius 1 is 1.24 bits per heavy atom. The number of rotatable bonds is 7. The molecule has 3 rings (SSSR count). The molecule has 1 saturated heterocycles. The number of nitrogens with one attached hydrogen (secondary N) is 1. The molecule has 5 heteroatoms. The number of aromatic nitrogens is 2. The third-order valence-electron chi connectivity index (χ3n) is 4.93. The van der Waals surface area contributed by atoms with Gasteiger partial charge in [0.05, 0.1) is 11.9 Å². The van der Waals surface area contributed by atoms with Crippen LogP contribution in [0.3, 0.4) is 0 Å². The van der Waals surface area contributed by atoms with Gasteiger partial charge in [-0.2, -0.15) is 5.10 Å². The fourth-order valence-electron chi connectivity index (χ4n) is 3.36. The van der Waals surface area contributed by atoms with Crippen LogP contribution in [0, 0.1) is 5.92 Å². The Morgan fingerprint density at radius 2 is 2.00 bits per heavy atom. The van der Waals surface area contributed by atoms with Crippen LogP contribution in [-0.2, 0) is 11.2 Å². The van der Waals surface area contributed by atoms with E-state index in [9.17, 15) is 4.79 Å². The van der Waals surface area contributed by atoms with Crippen LogP contribution >= 0.6 is 0 Å². The smallest absolute Gasteiger partial charge is 0.222 e. The molecule has 5 nitrogen and oxygen atoms in total. The summed E-state index contributed by atoms with van der Waals surface area (Å²) >= 11 is 0. The average Bonchev–Trinajstić information content (AvgIpc) is 3.14. The molecule has 1 aliphatic heterocycles. The molecular weight excluding hydrogens is 312 g/mol. The number of benzene rings is 1. The van der Waals surface area contributed by atoms with E-state index in [1.165, 1.54) is 0 Å². The quantitative estimate of drug-likeness (QED) is 0.843. The van der Waals surface area contributed by atoms with E-state index < -0.39 is 0 Å². The first kappa shape index (κ1) is 17.7. The monoisotopic (exact) mass is 340 g/mol. The number of hydrogen-bond donors (Lipinski definition) is 1. The van der Waals surface area contributed by atoms with Crippen molar-refractivity contribution in [1.82, 2.24) is 20.0 Å². The number of nitrogens with zero attached hydrogens (tertiary/aromatic N) is 3. The first-order valence-corrected chi connectivity index (χ1v) is 9.33. The average molecular weight is 340 g/mol. The summed E-state index contributed by atoms with van der Waals surface area (Å²) in [6.45, 7) is 6.04. The van der Waals surface area contributed by atoms with Crippen LogP contribution < -0.4 is 5.32 Å². The van der Waals surface area contributed by atoms with E-state index in [1.54, 1.807) is 0 Å². The van der Waals surface area contributed by atoms with Crippen LogP contribution in [0.2, 0.25) is 0 Å². The van der Waals surface area contributed by atoms with Gasteiger partial charge < -0.3 is 10.2 Å². The maximum Gasteiger partial charge on any atom is 0.222 e. The lowest BCUT2D eigenvalue weighted by atomic mass is 9.96. The molecule has 0 saturated carbocycles. The molecule has 25 heavy (non-hydrogen) atoms. The summed E-state index contributed by atoms with van der Waals surface area (Å²) in [4.78, 5) is 14.5. The molecule has 0 unspecified atom stereocenters. The topological polar surface area (TPSA) is 50.2 Å². The van der Waals surface area contributed by atoms with Gasteiger partial charge in [-0.25, -0.2) is 4.68 Å². The van der Waals surface area contributed by atoms with Crippen molar-refractivity contribution in [1.29, 1.82) is 0 Å². The summed E-state index contributed by atoms with van der Waals surface area (Å²) in [5.41, 5.74) is 2.15. The van der Waals surface area contributed by atoms with Crippen molar-refractivity contribution in [3.05, 3.63) is 48.3 Å². The van der Waals surface area contributed by atoms with Gasteiger partial charge >= 0.3 is 0 Å². The highest BCUT2D eigenvalue weighted by Crippen LogP contribution is 2.18. The first-order chi connectivity index (χ1) is 12.3. The summed E-state index contributed by atoms with van der Waals surface area (Å²) in [6, 6.07) is 10.0. The number of piperidine rings is 1. The van der Waals surface area contributed by atoms with Crippen molar-refractivity contribution in [2.75, 3.05) is 26.2 Å². The summed E-state index contributed by atoms with van der Waals surface area (Å²) < 4.78 is 1.87. The number of aryl methyl sites for hydroxylation is 1. The Bertz CT molecular complexity index is 659. The number of likely N-dealkylation sites (tertiary alicyclic amines) is 1. The lowest BCUT2D eigenvalue weighted by Crippen LogP contribution is -2.40. The van der Waals surface area contributed by atoms with Crippen molar-refractivity contribution in [3.8, 4) is 5.69 Å². The molecule has 1 amide bonds. The molecule has 0 atom stereocenters. The fraction of sp³-hybridized carbons (Fsp3) is 0.500. The Kier molecular flexibility index (Phi) is 6.23. The van der Waals surface area contributed by atoms with Crippen molar-refractivity contribution < 1.29 is 4.79 Å². The SMILES string of the molecule is CCNCC1CCN(C(=O)CCc2cnn(-c3ccccc3)c2)CC1. The molecular formula is C20H28N4O. The van der Waals surface area contributed by atoms with Crippen molar-refractivity contribution in [2.45, 2.75) is 32.6 Å². The maximum atomic E-state index is 12.5. The zero-order chi connectivity index (χ0) is 17.5. The minimum Gasteiger partial charge on any atom is -0.343 e. The van der Waals surface area contributed by atoms with Gasteiger partial charge in [0.25, 0.3) is 0 Å². The molecule has 2 heterocycles. The standard InChI is InChI=1S/C20H28N4O/c1-2-21-14-17-10-12-23(13-11-17)20(25)9-8-18-15-22-24(16-18)19-6-4-3-5-7-19/h3-7,15-17,21H,2,8-14H2,1H3. The summed E-state index contributed by atoms with van der Waals surface area (Å²) in [6.07, 6.45) is 7.44. The Morgan fingerprint density at radius 3 is 2.72 bits per heavy atom. The summed E-state index contributed by atoms with van der Waals surface area (Å²) in [7, 11) is 0. The largest absolute Gasteiger partial charge is 0.343 e. The van der Waals surface area contributed by atoms with E-state index in [0.29, 0.717) is 12.3 Å². The zero-order valence-corrected chi connectivity index (χ0v) is 15.0. The third-order valence-corrected chi connectivity index (χ3v) is 4.93. The van der Waals surface area contributed by atoms with Crippen LogP contribution in [0.15, 0.2) is 42.7 Å². The molecule has 1 aromatic carbocycles. The van der Waals surface area contributed by atoms with Gasteiger partial charge in [0.2, 0.25) is 5.91 Å². The Hall–Kier alpha value is -2.14. The molecule has 0 radical (unpaired) electrons. The van der Waals surface area contributed by atoms with Gasteiger partial charge in [-0.05, 0) is 56.0 Å². The fourth-order valence-corrected chi connectivity index (χ4v) is 3.36. The maximum absolute atomic E-state index is 12.5. The first-order valence-electron chi connectivity index (χ1n) is 9.33. The predicted octanol–water partition coefficient (Wildman–Crippen LogP) is 2.65. The van der Waals surface area contributed by atoms with E-state index in [0.717, 1.165) is 56.7 Å². The predicted molar refractivity (Wildman–Crippen MR) is 99.7 cm³/mol. The van der Waals surface area contributed by atoms with E-state index in [-0.39, 0.29) is 5.91 Å². The lowest BCUT2D eigenvalue weighted by Gasteiger charge is -2.32. The van der Waals surface area contributed by atoms with E-state index >= 15 is 0 Å². The molecule has 0 spiro atoms. The minimum atomic E-state index is 0.273. The van der Waals surface area contributed by atoms with Crippen LogP contribution in [-0.4, -0.2) is 46.8 Å². The van der Waals surface area contributed by atoms with E-state index in [4.69, 9.17) is 0 Å². The van der Waals surface area contributed by atoms with Gasteiger partial charge in [-0.15, -0.1) is 0 Å². The second-order valence-corrected chi connectivity index (χ2v) is 6.76. The highest BCUT2D eigenvalue weighted by atomic mass is 16.2. The third kappa shape index (κ3) is 4.92. The highest BCUT2D eigenvalue weighted by molar-refractivity contribution is 5.76.